The van der Waals surface area contributed by atoms with Crippen molar-refractivity contribution in [3.05, 3.63) is 70.1 Å². The van der Waals surface area contributed by atoms with Gasteiger partial charge < -0.3 is 4.57 Å². The van der Waals surface area contributed by atoms with E-state index in [1.54, 1.807) is 23.5 Å². The second-order valence-corrected chi connectivity index (χ2v) is 9.29. The van der Waals surface area contributed by atoms with Crippen LogP contribution >= 0.6 is 11.3 Å². The minimum Gasteiger partial charge on any atom is -0.316 e. The van der Waals surface area contributed by atoms with Gasteiger partial charge in [-0.3, -0.25) is 0 Å². The maximum atomic E-state index is 13.2. The van der Waals surface area contributed by atoms with Gasteiger partial charge >= 0.3 is 0 Å². The Morgan fingerprint density at radius 2 is 1.69 bits per heavy atom. The summed E-state index contributed by atoms with van der Waals surface area (Å²) in [5.41, 5.74) is 4.71. The van der Waals surface area contributed by atoms with Crippen LogP contribution in [0.15, 0.2) is 58.9 Å². The monoisotopic (exact) mass is 408 g/mol. The first-order valence-electron chi connectivity index (χ1n) is 10.7. The number of thiazole rings is 1. The first-order chi connectivity index (χ1) is 14.1. The van der Waals surface area contributed by atoms with Crippen molar-refractivity contribution in [2.24, 2.45) is 10.9 Å². The predicted octanol–water partition coefficient (Wildman–Crippen LogP) is 7.29. The normalized spacial score (nSPS) is 15.9. The molecule has 1 aliphatic rings. The quantitative estimate of drug-likeness (QED) is 0.422. The van der Waals surface area contributed by atoms with Crippen LogP contribution in [0.25, 0.3) is 11.3 Å². The fourth-order valence-electron chi connectivity index (χ4n) is 4.18. The van der Waals surface area contributed by atoms with Crippen LogP contribution in [0.4, 0.5) is 10.1 Å². The zero-order valence-corrected chi connectivity index (χ0v) is 18.1. The van der Waals surface area contributed by atoms with Gasteiger partial charge in [0.1, 0.15) is 5.82 Å². The SMILES string of the molecule is CC(C)Cn1c(-c2ccc(C3CCCCC3)cc2)csc1=Nc1ccc(F)cc1. The van der Waals surface area contributed by atoms with Gasteiger partial charge in [0.05, 0.1) is 11.4 Å². The van der Waals surface area contributed by atoms with E-state index in [0.29, 0.717) is 5.92 Å². The second-order valence-electron chi connectivity index (χ2n) is 8.45. The summed E-state index contributed by atoms with van der Waals surface area (Å²) >= 11 is 1.65. The highest BCUT2D eigenvalue weighted by Crippen LogP contribution is 2.33. The molecule has 4 heteroatoms. The lowest BCUT2D eigenvalue weighted by molar-refractivity contribution is 0.443. The Hall–Kier alpha value is -2.20. The number of nitrogens with zero attached hydrogens (tertiary/aromatic N) is 2. The topological polar surface area (TPSA) is 17.3 Å². The van der Waals surface area contributed by atoms with Crippen molar-refractivity contribution >= 4 is 17.0 Å². The van der Waals surface area contributed by atoms with Gasteiger partial charge in [-0.2, -0.15) is 0 Å². The number of rotatable bonds is 5. The molecule has 0 spiro atoms. The van der Waals surface area contributed by atoms with E-state index >= 15 is 0 Å². The molecule has 0 bridgehead atoms. The van der Waals surface area contributed by atoms with E-state index in [1.165, 1.54) is 61.1 Å². The molecular weight excluding hydrogens is 379 g/mol. The van der Waals surface area contributed by atoms with Crippen molar-refractivity contribution in [3.63, 3.8) is 0 Å². The van der Waals surface area contributed by atoms with Gasteiger partial charge in [-0.25, -0.2) is 9.38 Å². The van der Waals surface area contributed by atoms with Crippen molar-refractivity contribution < 1.29 is 4.39 Å². The lowest BCUT2D eigenvalue weighted by Crippen LogP contribution is -2.18. The van der Waals surface area contributed by atoms with Gasteiger partial charge in [0.2, 0.25) is 0 Å². The lowest BCUT2D eigenvalue weighted by atomic mass is 9.84. The molecular formula is C25H29FN2S. The highest BCUT2D eigenvalue weighted by molar-refractivity contribution is 7.07. The molecule has 0 atom stereocenters. The largest absolute Gasteiger partial charge is 0.316 e. The molecule has 0 amide bonds. The average molecular weight is 409 g/mol. The van der Waals surface area contributed by atoms with Crippen molar-refractivity contribution in [1.29, 1.82) is 0 Å². The zero-order chi connectivity index (χ0) is 20.2. The van der Waals surface area contributed by atoms with Gasteiger partial charge in [0.15, 0.2) is 4.80 Å². The van der Waals surface area contributed by atoms with Crippen molar-refractivity contribution in [2.75, 3.05) is 0 Å². The van der Waals surface area contributed by atoms with Crippen LogP contribution in [0, 0.1) is 11.7 Å². The van der Waals surface area contributed by atoms with Gasteiger partial charge in [-0.05, 0) is 60.1 Å². The first kappa shape index (κ1) is 20.1. The molecule has 1 heterocycles. The van der Waals surface area contributed by atoms with Crippen molar-refractivity contribution in [3.8, 4) is 11.3 Å². The molecule has 2 nitrogen and oxygen atoms in total. The summed E-state index contributed by atoms with van der Waals surface area (Å²) in [5, 5.41) is 2.19. The van der Waals surface area contributed by atoms with E-state index in [2.05, 4.69) is 48.1 Å². The molecule has 4 rings (SSSR count). The van der Waals surface area contributed by atoms with Crippen LogP contribution in [-0.4, -0.2) is 4.57 Å². The van der Waals surface area contributed by atoms with Crippen LogP contribution in [0.3, 0.4) is 0 Å². The van der Waals surface area contributed by atoms with Crippen LogP contribution in [0.1, 0.15) is 57.4 Å². The molecule has 0 radical (unpaired) electrons. The molecule has 2 aromatic carbocycles. The van der Waals surface area contributed by atoms with Gasteiger partial charge in [0.25, 0.3) is 0 Å². The van der Waals surface area contributed by atoms with E-state index in [9.17, 15) is 4.39 Å². The number of benzene rings is 2. The van der Waals surface area contributed by atoms with Crippen LogP contribution in [0.5, 0.6) is 0 Å². The van der Waals surface area contributed by atoms with E-state index in [-0.39, 0.29) is 5.82 Å². The molecule has 0 saturated heterocycles. The smallest absolute Gasteiger partial charge is 0.190 e. The Bertz CT molecular complexity index is 991. The van der Waals surface area contributed by atoms with Crippen LogP contribution < -0.4 is 4.80 Å². The fraction of sp³-hybridized carbons (Fsp3) is 0.400. The molecule has 1 aromatic heterocycles. The summed E-state index contributed by atoms with van der Waals surface area (Å²) in [5.74, 6) is 1.01. The van der Waals surface area contributed by atoms with Crippen molar-refractivity contribution in [1.82, 2.24) is 4.57 Å². The number of aromatic nitrogens is 1. The summed E-state index contributed by atoms with van der Waals surface area (Å²) < 4.78 is 15.5. The Kier molecular flexibility index (Phi) is 6.29. The van der Waals surface area contributed by atoms with Gasteiger partial charge in [-0.1, -0.05) is 57.4 Å². The van der Waals surface area contributed by atoms with E-state index < -0.39 is 0 Å². The molecule has 0 unspecified atom stereocenters. The standard InChI is InChI=1S/C25H29FN2S/c1-18(2)16-28-24(17-29-25(28)27-23-14-12-22(26)13-15-23)21-10-8-20(9-11-21)19-6-4-3-5-7-19/h8-15,17-19H,3-7,16H2,1-2H3. The first-order valence-corrected chi connectivity index (χ1v) is 11.6. The summed E-state index contributed by atoms with van der Waals surface area (Å²) in [6, 6.07) is 15.6. The average Bonchev–Trinajstić information content (AvgIpc) is 3.12. The predicted molar refractivity (Wildman–Crippen MR) is 120 cm³/mol. The third-order valence-electron chi connectivity index (χ3n) is 5.68. The van der Waals surface area contributed by atoms with E-state index in [0.717, 1.165) is 23.0 Å². The zero-order valence-electron chi connectivity index (χ0n) is 17.3. The Labute approximate surface area is 176 Å². The summed E-state index contributed by atoms with van der Waals surface area (Å²) in [6.45, 7) is 5.35. The molecule has 0 N–H and O–H groups in total. The fourth-order valence-corrected chi connectivity index (χ4v) is 5.12. The van der Waals surface area contributed by atoms with Crippen LogP contribution in [-0.2, 0) is 6.54 Å². The maximum absolute atomic E-state index is 13.2. The Morgan fingerprint density at radius 1 is 1.00 bits per heavy atom. The molecule has 1 aliphatic carbocycles. The van der Waals surface area contributed by atoms with Crippen LogP contribution in [0.2, 0.25) is 0 Å². The van der Waals surface area contributed by atoms with E-state index in [4.69, 9.17) is 4.99 Å². The number of hydrogen-bond donors (Lipinski definition) is 0. The highest BCUT2D eigenvalue weighted by Gasteiger charge is 2.16. The molecule has 1 fully saturated rings. The maximum Gasteiger partial charge on any atom is 0.190 e. The summed E-state index contributed by atoms with van der Waals surface area (Å²) in [7, 11) is 0. The summed E-state index contributed by atoms with van der Waals surface area (Å²) in [4.78, 5) is 5.74. The van der Waals surface area contributed by atoms with Gasteiger partial charge in [0, 0.05) is 11.9 Å². The molecule has 152 valence electrons. The summed E-state index contributed by atoms with van der Waals surface area (Å²) in [6.07, 6.45) is 6.76. The Balaban J connectivity index is 1.68. The molecule has 29 heavy (non-hydrogen) atoms. The molecule has 0 aliphatic heterocycles. The van der Waals surface area contributed by atoms with E-state index in [1.807, 2.05) is 0 Å². The third kappa shape index (κ3) is 4.87. The third-order valence-corrected chi connectivity index (χ3v) is 6.54. The molecule has 1 saturated carbocycles. The van der Waals surface area contributed by atoms with Gasteiger partial charge in [-0.15, -0.1) is 11.3 Å². The van der Waals surface area contributed by atoms with Crippen molar-refractivity contribution in [2.45, 2.75) is 58.4 Å². The lowest BCUT2D eigenvalue weighted by Gasteiger charge is -2.22. The number of halogens is 1. The minimum absolute atomic E-state index is 0.232. The highest BCUT2D eigenvalue weighted by atomic mass is 32.1. The molecule has 3 aromatic rings. The Morgan fingerprint density at radius 3 is 2.34 bits per heavy atom. The number of hydrogen-bond acceptors (Lipinski definition) is 2. The minimum atomic E-state index is -0.232. The second kappa shape index (κ2) is 9.08.